The van der Waals surface area contributed by atoms with Gasteiger partial charge in [-0.3, -0.25) is 4.98 Å². The van der Waals surface area contributed by atoms with E-state index in [9.17, 15) is 9.59 Å². The number of methoxy groups -OCH3 is 1. The van der Waals surface area contributed by atoms with E-state index >= 15 is 0 Å². The molecule has 30 heavy (non-hydrogen) atoms. The van der Waals surface area contributed by atoms with E-state index in [2.05, 4.69) is 15.1 Å². The Morgan fingerprint density at radius 3 is 2.53 bits per heavy atom. The number of hydrogen-bond donors (Lipinski definition) is 1. The molecule has 4 rings (SSSR count). The second-order valence-electron chi connectivity index (χ2n) is 6.53. The molecule has 2 aromatic heterocycles. The van der Waals surface area contributed by atoms with Gasteiger partial charge in [0.1, 0.15) is 0 Å². The molecule has 0 aliphatic rings. The number of fused-ring (bicyclic) bond motifs is 1. The van der Waals surface area contributed by atoms with Crippen LogP contribution in [-0.2, 0) is 10.5 Å². The summed E-state index contributed by atoms with van der Waals surface area (Å²) in [6.45, 7) is 1.84. The van der Waals surface area contributed by atoms with Gasteiger partial charge in [-0.25, -0.2) is 14.6 Å². The molecule has 0 saturated heterocycles. The van der Waals surface area contributed by atoms with Crippen molar-refractivity contribution in [3.8, 4) is 11.1 Å². The van der Waals surface area contributed by atoms with Crippen LogP contribution in [-0.4, -0.2) is 32.7 Å². The van der Waals surface area contributed by atoms with Crippen LogP contribution < -0.4 is 5.69 Å². The molecule has 0 atom stereocenters. The van der Waals surface area contributed by atoms with Gasteiger partial charge >= 0.3 is 11.7 Å². The van der Waals surface area contributed by atoms with Crippen LogP contribution in [0.3, 0.4) is 0 Å². The lowest BCUT2D eigenvalue weighted by Gasteiger charge is -2.05. The lowest BCUT2D eigenvalue weighted by Crippen LogP contribution is -2.19. The number of aromatic nitrogens is 4. The number of esters is 1. The zero-order valence-corrected chi connectivity index (χ0v) is 17.8. The minimum Gasteiger partial charge on any atom is -0.465 e. The number of H-pyrrole nitrogens is 1. The van der Waals surface area contributed by atoms with Crippen LogP contribution in [0.4, 0.5) is 0 Å². The van der Waals surface area contributed by atoms with Gasteiger partial charge in [0.15, 0.2) is 10.8 Å². The van der Waals surface area contributed by atoms with Crippen LogP contribution in [0, 0.1) is 6.92 Å². The minimum absolute atomic E-state index is 0.355. The third-order valence-electron chi connectivity index (χ3n) is 4.53. The van der Waals surface area contributed by atoms with Crippen molar-refractivity contribution in [2.75, 3.05) is 7.11 Å². The Hall–Kier alpha value is -3.10. The van der Waals surface area contributed by atoms with Gasteiger partial charge in [-0.1, -0.05) is 47.6 Å². The molecule has 9 heteroatoms. The van der Waals surface area contributed by atoms with E-state index in [-0.39, 0.29) is 11.7 Å². The molecule has 0 bridgehead atoms. The summed E-state index contributed by atoms with van der Waals surface area (Å²) in [6, 6.07) is 14.5. The molecule has 7 nitrogen and oxygen atoms in total. The molecule has 2 aromatic carbocycles. The fourth-order valence-electron chi connectivity index (χ4n) is 3.06. The van der Waals surface area contributed by atoms with Gasteiger partial charge in [0, 0.05) is 16.3 Å². The first-order chi connectivity index (χ1) is 14.5. The SMILES string of the molecule is COC(=O)c1ccc(CSc2nc3c(-c4ccc(Cl)cc4)c(C)nn3c(=O)[nH]2)cc1. The summed E-state index contributed by atoms with van der Waals surface area (Å²) in [4.78, 5) is 31.5. The van der Waals surface area contributed by atoms with Crippen LogP contribution >= 0.6 is 23.4 Å². The molecule has 0 saturated carbocycles. The number of ether oxygens (including phenoxy) is 1. The molecule has 0 spiro atoms. The van der Waals surface area contributed by atoms with Crippen LogP contribution in [0.5, 0.6) is 0 Å². The van der Waals surface area contributed by atoms with Crippen molar-refractivity contribution in [3.63, 3.8) is 0 Å². The van der Waals surface area contributed by atoms with E-state index in [4.69, 9.17) is 16.3 Å². The quantitative estimate of drug-likeness (QED) is 0.371. The van der Waals surface area contributed by atoms with Crippen LogP contribution in [0.15, 0.2) is 58.5 Å². The minimum atomic E-state index is -0.378. The monoisotopic (exact) mass is 440 g/mol. The van der Waals surface area contributed by atoms with Gasteiger partial charge in [0.2, 0.25) is 0 Å². The predicted molar refractivity (Wildman–Crippen MR) is 116 cm³/mol. The number of rotatable bonds is 5. The van der Waals surface area contributed by atoms with Crippen LogP contribution in [0.1, 0.15) is 21.6 Å². The zero-order valence-electron chi connectivity index (χ0n) is 16.2. The van der Waals surface area contributed by atoms with Gasteiger partial charge < -0.3 is 4.74 Å². The van der Waals surface area contributed by atoms with E-state index in [1.807, 2.05) is 31.2 Å². The first-order valence-corrected chi connectivity index (χ1v) is 10.4. The van der Waals surface area contributed by atoms with Crippen molar-refractivity contribution in [2.45, 2.75) is 17.8 Å². The molecule has 0 aliphatic carbocycles. The molecule has 0 unspecified atom stereocenters. The Morgan fingerprint density at radius 1 is 1.17 bits per heavy atom. The molecule has 0 radical (unpaired) electrons. The summed E-state index contributed by atoms with van der Waals surface area (Å²) in [6.07, 6.45) is 0. The van der Waals surface area contributed by atoms with E-state index in [1.165, 1.54) is 23.4 Å². The van der Waals surface area contributed by atoms with Crippen molar-refractivity contribution in [1.29, 1.82) is 0 Å². The summed E-state index contributed by atoms with van der Waals surface area (Å²) in [5.74, 6) is 0.195. The molecule has 0 aliphatic heterocycles. The number of aryl methyl sites for hydroxylation is 1. The smallest absolute Gasteiger partial charge is 0.350 e. The summed E-state index contributed by atoms with van der Waals surface area (Å²) in [7, 11) is 1.35. The fraction of sp³-hybridized carbons (Fsp3) is 0.143. The molecule has 4 aromatic rings. The number of carbonyl (C=O) groups excluding carboxylic acids is 1. The average Bonchev–Trinajstić information content (AvgIpc) is 3.09. The number of nitrogens with zero attached hydrogens (tertiary/aromatic N) is 3. The van der Waals surface area contributed by atoms with E-state index in [0.717, 1.165) is 16.7 Å². The first-order valence-electron chi connectivity index (χ1n) is 9.02. The molecule has 0 amide bonds. The van der Waals surface area contributed by atoms with Crippen molar-refractivity contribution in [1.82, 2.24) is 19.6 Å². The highest BCUT2D eigenvalue weighted by atomic mass is 35.5. The van der Waals surface area contributed by atoms with Gasteiger partial charge in [0.25, 0.3) is 0 Å². The lowest BCUT2D eigenvalue weighted by atomic mass is 10.1. The second kappa shape index (κ2) is 8.33. The number of halogens is 1. The third kappa shape index (κ3) is 3.96. The van der Waals surface area contributed by atoms with E-state index < -0.39 is 0 Å². The summed E-state index contributed by atoms with van der Waals surface area (Å²) in [5, 5.41) is 5.45. The number of nitrogens with one attached hydrogen (secondary N) is 1. The van der Waals surface area contributed by atoms with E-state index in [1.54, 1.807) is 24.3 Å². The Kier molecular flexibility index (Phi) is 5.61. The topological polar surface area (TPSA) is 89.3 Å². The normalized spacial score (nSPS) is 11.0. The lowest BCUT2D eigenvalue weighted by molar-refractivity contribution is 0.0600. The van der Waals surface area contributed by atoms with Gasteiger partial charge in [-0.05, 0) is 42.3 Å². The highest BCUT2D eigenvalue weighted by molar-refractivity contribution is 7.98. The summed E-state index contributed by atoms with van der Waals surface area (Å²) >= 11 is 7.39. The Balaban J connectivity index is 1.64. The standard InChI is InChI=1S/C21H17ClN4O3S/c1-12-17(14-7-9-16(22)10-8-14)18-23-20(24-21(28)26(18)25-12)30-11-13-3-5-15(6-4-13)19(27)29-2/h3-10H,11H2,1-2H3,(H,23,24,28). The maximum Gasteiger partial charge on any atom is 0.350 e. The summed E-state index contributed by atoms with van der Waals surface area (Å²) < 4.78 is 5.98. The summed E-state index contributed by atoms with van der Waals surface area (Å²) in [5.41, 5.74) is 3.99. The average molecular weight is 441 g/mol. The molecule has 2 heterocycles. The van der Waals surface area contributed by atoms with Gasteiger partial charge in [-0.2, -0.15) is 9.61 Å². The second-order valence-corrected chi connectivity index (χ2v) is 7.93. The van der Waals surface area contributed by atoms with Crippen LogP contribution in [0.25, 0.3) is 16.8 Å². The maximum atomic E-state index is 12.5. The molecular weight excluding hydrogens is 424 g/mol. The molecule has 1 N–H and O–H groups in total. The van der Waals surface area contributed by atoms with Crippen molar-refractivity contribution in [3.05, 3.63) is 80.9 Å². The molecular formula is C21H17ClN4O3S. The highest BCUT2D eigenvalue weighted by Gasteiger charge is 2.16. The van der Waals surface area contributed by atoms with Crippen molar-refractivity contribution in [2.24, 2.45) is 0 Å². The largest absolute Gasteiger partial charge is 0.465 e. The zero-order chi connectivity index (χ0) is 21.3. The molecule has 152 valence electrons. The van der Waals surface area contributed by atoms with Gasteiger partial charge in [-0.15, -0.1) is 0 Å². The van der Waals surface area contributed by atoms with E-state index in [0.29, 0.717) is 32.8 Å². The maximum absolute atomic E-state index is 12.5. The number of aromatic amines is 1. The number of benzene rings is 2. The highest BCUT2D eigenvalue weighted by Crippen LogP contribution is 2.28. The van der Waals surface area contributed by atoms with Crippen LogP contribution in [0.2, 0.25) is 5.02 Å². The van der Waals surface area contributed by atoms with Crippen molar-refractivity contribution < 1.29 is 9.53 Å². The number of thioether (sulfide) groups is 1. The Bertz CT molecular complexity index is 1280. The third-order valence-corrected chi connectivity index (χ3v) is 5.73. The van der Waals surface area contributed by atoms with Gasteiger partial charge in [0.05, 0.1) is 18.4 Å². The number of hydrogen-bond acceptors (Lipinski definition) is 6. The Morgan fingerprint density at radius 2 is 1.87 bits per heavy atom. The number of carbonyl (C=O) groups is 1. The molecule has 0 fully saturated rings. The fourth-order valence-corrected chi connectivity index (χ4v) is 3.99. The predicted octanol–water partition coefficient (Wildman–Crippen LogP) is 4.13. The Labute approximate surface area is 181 Å². The van der Waals surface area contributed by atoms with Crippen molar-refractivity contribution >= 4 is 35.0 Å². The first kappa shape index (κ1) is 20.2.